The van der Waals surface area contributed by atoms with Gasteiger partial charge in [-0.1, -0.05) is 145 Å². The Kier molecular flexibility index (Phi) is 7.06. The molecule has 2 heteroatoms. The minimum Gasteiger partial charge on any atom is -0.354 e. The van der Waals surface area contributed by atoms with Gasteiger partial charge in [-0.15, -0.1) is 0 Å². The van der Waals surface area contributed by atoms with Gasteiger partial charge >= 0.3 is 0 Å². The van der Waals surface area contributed by atoms with Crippen molar-refractivity contribution >= 4 is 46.4 Å². The minimum atomic E-state index is 1.08. The lowest BCUT2D eigenvalue weighted by atomic mass is 9.99. The van der Waals surface area contributed by atoms with Gasteiger partial charge in [0, 0.05) is 44.3 Å². The van der Waals surface area contributed by atoms with Gasteiger partial charge in [-0.05, 0) is 87.8 Å². The van der Waals surface area contributed by atoms with Crippen LogP contribution >= 0.6 is 0 Å². The summed E-state index contributed by atoms with van der Waals surface area (Å²) < 4.78 is 0. The zero-order valence-electron chi connectivity index (χ0n) is 27.2. The van der Waals surface area contributed by atoms with Crippen LogP contribution in [0.1, 0.15) is 27.8 Å². The zero-order chi connectivity index (χ0) is 32.7. The summed E-state index contributed by atoms with van der Waals surface area (Å²) in [7, 11) is 0. The van der Waals surface area contributed by atoms with Crippen molar-refractivity contribution in [1.29, 1.82) is 0 Å². The number of aromatic nitrogens is 2. The number of benzene rings is 4. The summed E-state index contributed by atoms with van der Waals surface area (Å²) in [6.45, 7) is 2.14. The van der Waals surface area contributed by atoms with Crippen molar-refractivity contribution in [3.05, 3.63) is 179 Å². The van der Waals surface area contributed by atoms with E-state index in [1.807, 2.05) is 0 Å². The van der Waals surface area contributed by atoms with Crippen molar-refractivity contribution in [2.24, 2.45) is 0 Å². The summed E-state index contributed by atoms with van der Waals surface area (Å²) in [5.41, 5.74) is 19.7. The minimum absolute atomic E-state index is 1.08. The molecule has 49 heavy (non-hydrogen) atoms. The number of fused-ring (bicyclic) bond motifs is 8. The van der Waals surface area contributed by atoms with Crippen molar-refractivity contribution in [1.82, 2.24) is 9.97 Å². The maximum Gasteiger partial charge on any atom is 0.0470 e. The van der Waals surface area contributed by atoms with E-state index < -0.39 is 0 Å². The van der Waals surface area contributed by atoms with Gasteiger partial charge in [0.1, 0.15) is 0 Å². The van der Waals surface area contributed by atoms with Gasteiger partial charge in [0.05, 0.1) is 0 Å². The first kappa shape index (κ1) is 28.8. The summed E-state index contributed by atoms with van der Waals surface area (Å²) in [5, 5.41) is 0. The monoisotopic (exact) mass is 626 g/mol. The molecule has 3 heterocycles. The topological polar surface area (TPSA) is 31.6 Å². The normalized spacial score (nSPS) is 12.0. The lowest BCUT2D eigenvalue weighted by Crippen LogP contribution is -1.86. The van der Waals surface area contributed by atoms with Crippen molar-refractivity contribution in [2.45, 2.75) is 6.92 Å². The quantitative estimate of drug-likeness (QED) is 0.195. The van der Waals surface area contributed by atoms with E-state index >= 15 is 0 Å². The fourth-order valence-electron chi connectivity index (χ4n) is 7.33. The summed E-state index contributed by atoms with van der Waals surface area (Å²) >= 11 is 0. The third-order valence-corrected chi connectivity index (χ3v) is 9.64. The van der Waals surface area contributed by atoms with Crippen LogP contribution in [0.15, 0.2) is 152 Å². The molecular weight excluding hydrogens is 593 g/mol. The smallest absolute Gasteiger partial charge is 0.0470 e. The predicted molar refractivity (Wildman–Crippen MR) is 210 cm³/mol. The number of H-pyrrole nitrogens is 2. The molecule has 0 spiro atoms. The van der Waals surface area contributed by atoms with Crippen molar-refractivity contribution < 1.29 is 0 Å². The van der Waals surface area contributed by atoms with Crippen molar-refractivity contribution in [2.75, 3.05) is 0 Å². The molecule has 2 nitrogen and oxygen atoms in total. The van der Waals surface area contributed by atoms with E-state index in [2.05, 4.69) is 193 Å². The van der Waals surface area contributed by atoms with Gasteiger partial charge in [-0.25, -0.2) is 0 Å². The SMILES string of the molecule is Cc1ccc(-c2c3cc(c(-c4ccccc4)c4ccc([nH]4)c(-c4ccccc4)c4cc(c(-c5ccccc5)c5ccc2[nH]5)C=C4)C=C3)cc1. The zero-order valence-corrected chi connectivity index (χ0v) is 27.2. The predicted octanol–water partition coefficient (Wildman–Crippen LogP) is 12.8. The van der Waals surface area contributed by atoms with Gasteiger partial charge in [-0.2, -0.15) is 0 Å². The van der Waals surface area contributed by atoms with E-state index in [4.69, 9.17) is 0 Å². The number of rotatable bonds is 4. The number of hydrogen-bond donors (Lipinski definition) is 2. The average Bonchev–Trinajstić information content (AvgIpc) is 3.98. The van der Waals surface area contributed by atoms with Crippen LogP contribution in [-0.2, 0) is 0 Å². The Morgan fingerprint density at radius 2 is 0.592 bits per heavy atom. The molecule has 0 atom stereocenters. The van der Waals surface area contributed by atoms with Gasteiger partial charge in [0.2, 0.25) is 0 Å². The van der Waals surface area contributed by atoms with Gasteiger partial charge in [-0.3, -0.25) is 0 Å². The van der Waals surface area contributed by atoms with Crippen molar-refractivity contribution in [3.8, 4) is 44.5 Å². The molecular formula is C47H34N2. The molecule has 0 aliphatic heterocycles. The maximum atomic E-state index is 3.90. The van der Waals surface area contributed by atoms with Crippen LogP contribution in [0.25, 0.3) is 90.9 Å². The molecule has 9 rings (SSSR count). The molecule has 3 aromatic heterocycles. The lowest BCUT2D eigenvalue weighted by molar-refractivity contribution is 1.46. The average molecular weight is 627 g/mol. The summed E-state index contributed by atoms with van der Waals surface area (Å²) in [6.07, 6.45) is 9.05. The van der Waals surface area contributed by atoms with E-state index in [0.29, 0.717) is 0 Å². The molecule has 0 fully saturated rings. The molecule has 2 N–H and O–H groups in total. The first-order valence-corrected chi connectivity index (χ1v) is 16.9. The Morgan fingerprint density at radius 1 is 0.306 bits per heavy atom. The molecule has 2 aliphatic rings. The Bertz CT molecular complexity index is 2530. The highest BCUT2D eigenvalue weighted by atomic mass is 14.7. The number of nitrogens with one attached hydrogen (secondary N) is 2. The molecule has 0 unspecified atom stereocenters. The molecule has 7 aromatic rings. The van der Waals surface area contributed by atoms with Gasteiger partial charge < -0.3 is 9.97 Å². The highest BCUT2D eigenvalue weighted by molar-refractivity contribution is 6.02. The molecule has 8 bridgehead atoms. The van der Waals surface area contributed by atoms with Crippen LogP contribution in [0.2, 0.25) is 0 Å². The third-order valence-electron chi connectivity index (χ3n) is 9.64. The van der Waals surface area contributed by atoms with Crippen LogP contribution in [0.4, 0.5) is 0 Å². The maximum absolute atomic E-state index is 3.90. The number of aromatic amines is 2. The summed E-state index contributed by atoms with van der Waals surface area (Å²) in [4.78, 5) is 7.79. The van der Waals surface area contributed by atoms with Crippen LogP contribution in [0, 0.1) is 6.92 Å². The van der Waals surface area contributed by atoms with Crippen LogP contribution < -0.4 is 0 Å². The Morgan fingerprint density at radius 3 is 0.898 bits per heavy atom. The molecule has 2 aliphatic carbocycles. The van der Waals surface area contributed by atoms with Crippen LogP contribution in [0.3, 0.4) is 0 Å². The van der Waals surface area contributed by atoms with E-state index in [1.165, 1.54) is 72.3 Å². The molecule has 0 saturated heterocycles. The van der Waals surface area contributed by atoms with Crippen LogP contribution in [-0.4, -0.2) is 9.97 Å². The lowest BCUT2D eigenvalue weighted by Gasteiger charge is -2.08. The molecule has 0 radical (unpaired) electrons. The largest absolute Gasteiger partial charge is 0.354 e. The highest BCUT2D eigenvalue weighted by Crippen LogP contribution is 2.40. The molecule has 0 amide bonds. The molecule has 0 saturated carbocycles. The van der Waals surface area contributed by atoms with Gasteiger partial charge in [0.15, 0.2) is 0 Å². The second-order valence-corrected chi connectivity index (χ2v) is 12.8. The summed E-state index contributed by atoms with van der Waals surface area (Å²) in [5.74, 6) is 0. The Hall–Kier alpha value is -6.38. The summed E-state index contributed by atoms with van der Waals surface area (Å²) in [6, 6.07) is 54.7. The van der Waals surface area contributed by atoms with Gasteiger partial charge in [0.25, 0.3) is 0 Å². The van der Waals surface area contributed by atoms with E-state index in [0.717, 1.165) is 22.1 Å². The number of aryl methyl sites for hydroxylation is 1. The molecule has 232 valence electrons. The standard InChI is InChI=1S/C47H34N2/c1-31-17-19-35(20-18-31)47-39-24-23-38(30-39)46(34-15-9-4-10-16-34)41-26-25-40(48-41)44(32-11-5-2-6-12-32)36-21-22-37(29-36)45(33-13-7-3-8-14-33)42-27-28-43(47)49-42/h2-30,48-49H,1H3. The van der Waals surface area contributed by atoms with E-state index in [-0.39, 0.29) is 0 Å². The van der Waals surface area contributed by atoms with E-state index in [1.54, 1.807) is 0 Å². The van der Waals surface area contributed by atoms with E-state index in [9.17, 15) is 0 Å². The second kappa shape index (κ2) is 12.0. The fourth-order valence-corrected chi connectivity index (χ4v) is 7.33. The first-order valence-electron chi connectivity index (χ1n) is 16.9. The number of hydrogen-bond acceptors (Lipinski definition) is 0. The first-order chi connectivity index (χ1) is 24.2. The molecule has 4 aromatic carbocycles. The highest BCUT2D eigenvalue weighted by Gasteiger charge is 2.17. The third kappa shape index (κ3) is 5.24. The van der Waals surface area contributed by atoms with Crippen molar-refractivity contribution in [3.63, 3.8) is 0 Å². The Labute approximate surface area is 286 Å². The fraction of sp³-hybridized carbons (Fsp3) is 0.0213. The second-order valence-electron chi connectivity index (χ2n) is 12.8. The Balaban J connectivity index is 1.48. The van der Waals surface area contributed by atoms with Crippen LogP contribution in [0.5, 0.6) is 0 Å².